The molecule has 2 aromatic heterocycles. The molecule has 86 valence electrons. The van der Waals surface area contributed by atoms with E-state index in [4.69, 9.17) is 16.7 Å². The second-order valence-electron chi connectivity index (χ2n) is 3.16. The molecule has 5 nitrogen and oxygen atoms in total. The van der Waals surface area contributed by atoms with Crippen LogP contribution in [-0.4, -0.2) is 21.0 Å². The van der Waals surface area contributed by atoms with Crippen LogP contribution in [0.4, 0.5) is 11.6 Å². The number of pyridine rings is 2. The van der Waals surface area contributed by atoms with Gasteiger partial charge in [-0.15, -0.1) is 0 Å². The fraction of sp³-hybridized carbons (Fsp3) is 0. The Morgan fingerprint density at radius 2 is 1.82 bits per heavy atom. The van der Waals surface area contributed by atoms with Crippen molar-refractivity contribution < 1.29 is 9.90 Å². The van der Waals surface area contributed by atoms with E-state index in [2.05, 4.69) is 15.3 Å². The van der Waals surface area contributed by atoms with E-state index in [-0.39, 0.29) is 11.4 Å². The summed E-state index contributed by atoms with van der Waals surface area (Å²) < 4.78 is 0. The summed E-state index contributed by atoms with van der Waals surface area (Å²) in [5.41, 5.74) is 0.0641. The van der Waals surface area contributed by atoms with Crippen molar-refractivity contribution in [2.24, 2.45) is 0 Å². The van der Waals surface area contributed by atoms with Gasteiger partial charge in [-0.2, -0.15) is 0 Å². The Bertz CT molecular complexity index is 560. The Morgan fingerprint density at radius 1 is 1.18 bits per heavy atom. The monoisotopic (exact) mass is 249 g/mol. The maximum Gasteiger partial charge on any atom is 0.339 e. The maximum atomic E-state index is 11.0. The first-order chi connectivity index (χ1) is 8.18. The average molecular weight is 250 g/mol. The van der Waals surface area contributed by atoms with Crippen molar-refractivity contribution in [1.82, 2.24) is 9.97 Å². The molecule has 0 saturated carbocycles. The van der Waals surface area contributed by atoms with Crippen molar-refractivity contribution in [2.45, 2.75) is 0 Å². The minimum absolute atomic E-state index is 0.0641. The number of hydrogen-bond acceptors (Lipinski definition) is 4. The quantitative estimate of drug-likeness (QED) is 0.874. The number of carboxylic acid groups (broad SMARTS) is 1. The van der Waals surface area contributed by atoms with Crippen molar-refractivity contribution in [2.75, 3.05) is 5.32 Å². The summed E-state index contributed by atoms with van der Waals surface area (Å²) >= 11 is 5.91. The van der Waals surface area contributed by atoms with Crippen LogP contribution in [0, 0.1) is 0 Å². The molecular formula is C11H8ClN3O2. The summed E-state index contributed by atoms with van der Waals surface area (Å²) in [6.45, 7) is 0. The second-order valence-corrected chi connectivity index (χ2v) is 3.57. The summed E-state index contributed by atoms with van der Waals surface area (Å²) in [6.07, 6.45) is 3.04. The first kappa shape index (κ1) is 11.3. The number of nitrogens with one attached hydrogen (secondary N) is 1. The zero-order chi connectivity index (χ0) is 12.3. The molecule has 2 rings (SSSR count). The van der Waals surface area contributed by atoms with Gasteiger partial charge in [0.05, 0.1) is 5.02 Å². The lowest BCUT2D eigenvalue weighted by Gasteiger charge is -2.08. The van der Waals surface area contributed by atoms with E-state index in [1.807, 2.05) is 0 Å². The predicted molar refractivity (Wildman–Crippen MR) is 63.7 cm³/mol. The first-order valence-corrected chi connectivity index (χ1v) is 5.12. The zero-order valence-corrected chi connectivity index (χ0v) is 9.35. The second kappa shape index (κ2) is 4.80. The van der Waals surface area contributed by atoms with E-state index in [1.165, 1.54) is 12.3 Å². The molecule has 6 heteroatoms. The topological polar surface area (TPSA) is 75.1 Å². The number of anilines is 2. The SMILES string of the molecule is O=C(O)c1cccnc1Nc1ncccc1Cl. The Balaban J connectivity index is 2.37. The van der Waals surface area contributed by atoms with Crippen molar-refractivity contribution in [3.05, 3.63) is 47.2 Å². The van der Waals surface area contributed by atoms with Gasteiger partial charge in [-0.25, -0.2) is 14.8 Å². The Kier molecular flexibility index (Phi) is 3.20. The highest BCUT2D eigenvalue weighted by Gasteiger charge is 2.11. The molecule has 17 heavy (non-hydrogen) atoms. The van der Waals surface area contributed by atoms with E-state index in [9.17, 15) is 4.79 Å². The molecule has 2 aromatic rings. The Labute approximate surface area is 102 Å². The molecule has 0 saturated heterocycles. The number of nitrogens with zero attached hydrogens (tertiary/aromatic N) is 2. The van der Waals surface area contributed by atoms with Crippen LogP contribution in [0.1, 0.15) is 10.4 Å². The molecule has 0 spiro atoms. The summed E-state index contributed by atoms with van der Waals surface area (Å²) in [5.74, 6) is -0.483. The van der Waals surface area contributed by atoms with Crippen molar-refractivity contribution in [3.63, 3.8) is 0 Å². The lowest BCUT2D eigenvalue weighted by Crippen LogP contribution is -2.05. The van der Waals surface area contributed by atoms with Gasteiger partial charge in [0.1, 0.15) is 17.2 Å². The number of carbonyl (C=O) groups is 1. The van der Waals surface area contributed by atoms with Gasteiger partial charge >= 0.3 is 5.97 Å². The van der Waals surface area contributed by atoms with Crippen LogP contribution in [0.25, 0.3) is 0 Å². The number of carboxylic acids is 1. The normalized spacial score (nSPS) is 9.94. The van der Waals surface area contributed by atoms with Gasteiger partial charge in [-0.1, -0.05) is 11.6 Å². The summed E-state index contributed by atoms with van der Waals surface area (Å²) in [5, 5.41) is 12.2. The largest absolute Gasteiger partial charge is 0.478 e. The van der Waals surface area contributed by atoms with E-state index >= 15 is 0 Å². The molecule has 2 N–H and O–H groups in total. The fourth-order valence-electron chi connectivity index (χ4n) is 1.27. The van der Waals surface area contributed by atoms with Crippen molar-refractivity contribution >= 4 is 29.2 Å². The zero-order valence-electron chi connectivity index (χ0n) is 8.59. The van der Waals surface area contributed by atoms with E-state index < -0.39 is 5.97 Å². The predicted octanol–water partition coefficient (Wildman–Crippen LogP) is 2.57. The lowest BCUT2D eigenvalue weighted by atomic mass is 10.2. The van der Waals surface area contributed by atoms with Crippen LogP contribution in [0.5, 0.6) is 0 Å². The standard InChI is InChI=1S/C11H8ClN3O2/c12-8-4-2-6-14-10(8)15-9-7(11(16)17)3-1-5-13-9/h1-6H,(H,16,17)(H,13,14,15). The third-order valence-electron chi connectivity index (χ3n) is 2.03. The number of halogens is 1. The smallest absolute Gasteiger partial charge is 0.339 e. The van der Waals surface area contributed by atoms with Gasteiger partial charge in [0.2, 0.25) is 0 Å². The number of hydrogen-bond donors (Lipinski definition) is 2. The van der Waals surface area contributed by atoms with Gasteiger partial charge in [0.15, 0.2) is 0 Å². The molecular weight excluding hydrogens is 242 g/mol. The van der Waals surface area contributed by atoms with Crippen LogP contribution in [0.2, 0.25) is 5.02 Å². The Morgan fingerprint density at radius 3 is 2.47 bits per heavy atom. The van der Waals surface area contributed by atoms with Gasteiger partial charge in [-0.05, 0) is 24.3 Å². The fourth-order valence-corrected chi connectivity index (χ4v) is 1.44. The van der Waals surface area contributed by atoms with E-state index in [0.717, 1.165) is 0 Å². The molecule has 0 fully saturated rings. The van der Waals surface area contributed by atoms with Crippen LogP contribution < -0.4 is 5.32 Å². The molecule has 0 aliphatic rings. The van der Waals surface area contributed by atoms with E-state index in [0.29, 0.717) is 10.8 Å². The van der Waals surface area contributed by atoms with Crippen LogP contribution in [0.3, 0.4) is 0 Å². The number of aromatic nitrogens is 2. The van der Waals surface area contributed by atoms with Crippen molar-refractivity contribution in [3.8, 4) is 0 Å². The number of aromatic carboxylic acids is 1. The molecule has 0 bridgehead atoms. The lowest BCUT2D eigenvalue weighted by molar-refractivity contribution is 0.0697. The van der Waals surface area contributed by atoms with Gasteiger partial charge in [0, 0.05) is 12.4 Å². The third kappa shape index (κ3) is 2.51. The third-order valence-corrected chi connectivity index (χ3v) is 2.34. The van der Waals surface area contributed by atoms with E-state index in [1.54, 1.807) is 24.4 Å². The van der Waals surface area contributed by atoms with Gasteiger partial charge in [0.25, 0.3) is 0 Å². The average Bonchev–Trinajstić information content (AvgIpc) is 2.32. The highest BCUT2D eigenvalue weighted by molar-refractivity contribution is 6.33. The highest BCUT2D eigenvalue weighted by atomic mass is 35.5. The first-order valence-electron chi connectivity index (χ1n) is 4.74. The molecule has 2 heterocycles. The van der Waals surface area contributed by atoms with Gasteiger partial charge in [-0.3, -0.25) is 0 Å². The molecule has 0 radical (unpaired) electrons. The molecule has 0 unspecified atom stereocenters. The van der Waals surface area contributed by atoms with Crippen LogP contribution in [0.15, 0.2) is 36.7 Å². The summed E-state index contributed by atoms with van der Waals surface area (Å²) in [4.78, 5) is 18.9. The maximum absolute atomic E-state index is 11.0. The molecule has 0 aromatic carbocycles. The molecule has 0 aliphatic carbocycles. The minimum Gasteiger partial charge on any atom is -0.478 e. The molecule has 0 atom stereocenters. The van der Waals surface area contributed by atoms with Crippen molar-refractivity contribution in [1.29, 1.82) is 0 Å². The van der Waals surface area contributed by atoms with Gasteiger partial charge < -0.3 is 10.4 Å². The minimum atomic E-state index is -1.06. The number of rotatable bonds is 3. The Hall–Kier alpha value is -2.14. The molecule has 0 aliphatic heterocycles. The summed E-state index contributed by atoms with van der Waals surface area (Å²) in [6, 6.07) is 6.34. The summed E-state index contributed by atoms with van der Waals surface area (Å²) in [7, 11) is 0. The highest BCUT2D eigenvalue weighted by Crippen LogP contribution is 2.23. The van der Waals surface area contributed by atoms with Crippen LogP contribution >= 0.6 is 11.6 Å². The molecule has 0 amide bonds. The van der Waals surface area contributed by atoms with Crippen LogP contribution in [-0.2, 0) is 0 Å².